The number of anilines is 1. The van der Waals surface area contributed by atoms with Crippen LogP contribution in [0.2, 0.25) is 10.0 Å². The largest absolute Gasteiger partial charge is 0.321 e. The Bertz CT molecular complexity index is 643. The molecule has 5 heteroatoms. The van der Waals surface area contributed by atoms with Gasteiger partial charge in [-0.2, -0.15) is 0 Å². The zero-order valence-corrected chi connectivity index (χ0v) is 13.7. The van der Waals surface area contributed by atoms with Crippen LogP contribution >= 0.6 is 45.8 Å². The van der Waals surface area contributed by atoms with Gasteiger partial charge in [-0.15, -0.1) is 0 Å². The first-order valence-electron chi connectivity index (χ1n) is 5.50. The first-order chi connectivity index (χ1) is 8.97. The van der Waals surface area contributed by atoms with Crippen LogP contribution in [-0.4, -0.2) is 5.91 Å². The number of carbonyl (C=O) groups excluding carboxylic acids is 1. The molecular formula is C14H10Cl2INO. The number of benzene rings is 2. The van der Waals surface area contributed by atoms with Gasteiger partial charge >= 0.3 is 0 Å². The van der Waals surface area contributed by atoms with Crippen molar-refractivity contribution in [2.45, 2.75) is 6.92 Å². The van der Waals surface area contributed by atoms with Gasteiger partial charge in [-0.05, 0) is 65.4 Å². The van der Waals surface area contributed by atoms with E-state index in [1.807, 2.05) is 13.0 Å². The maximum absolute atomic E-state index is 12.1. The number of amides is 1. The highest BCUT2D eigenvalue weighted by Crippen LogP contribution is 2.23. The number of halogens is 3. The molecule has 0 saturated heterocycles. The molecule has 0 fully saturated rings. The Morgan fingerprint density at radius 1 is 1.16 bits per heavy atom. The van der Waals surface area contributed by atoms with Crippen LogP contribution < -0.4 is 5.32 Å². The second kappa shape index (κ2) is 6.11. The monoisotopic (exact) mass is 405 g/mol. The fraction of sp³-hybridized carbons (Fsp3) is 0.0714. The molecular weight excluding hydrogens is 396 g/mol. The molecule has 0 spiro atoms. The Morgan fingerprint density at radius 2 is 1.89 bits per heavy atom. The molecule has 19 heavy (non-hydrogen) atoms. The summed E-state index contributed by atoms with van der Waals surface area (Å²) in [7, 11) is 0. The normalized spacial score (nSPS) is 10.3. The van der Waals surface area contributed by atoms with Gasteiger partial charge in [0.25, 0.3) is 5.91 Å². The molecule has 2 aromatic rings. The Hall–Kier alpha value is -0.780. The predicted octanol–water partition coefficient (Wildman–Crippen LogP) is 5.16. The van der Waals surface area contributed by atoms with Gasteiger partial charge < -0.3 is 5.32 Å². The molecule has 0 radical (unpaired) electrons. The number of nitrogens with one attached hydrogen (secondary N) is 1. The highest BCUT2D eigenvalue weighted by Gasteiger charge is 2.09. The van der Waals surface area contributed by atoms with Crippen molar-refractivity contribution in [3.8, 4) is 0 Å². The minimum absolute atomic E-state index is 0.192. The Balaban J connectivity index is 2.23. The van der Waals surface area contributed by atoms with Crippen LogP contribution in [0.3, 0.4) is 0 Å². The van der Waals surface area contributed by atoms with E-state index in [0.29, 0.717) is 15.6 Å². The molecule has 0 aromatic heterocycles. The molecule has 0 aliphatic carbocycles. The minimum atomic E-state index is -0.192. The van der Waals surface area contributed by atoms with E-state index >= 15 is 0 Å². The third-order valence-corrected chi connectivity index (χ3v) is 4.15. The summed E-state index contributed by atoms with van der Waals surface area (Å²) >= 11 is 14.0. The molecule has 0 atom stereocenters. The van der Waals surface area contributed by atoms with Gasteiger partial charge in [-0.3, -0.25) is 4.79 Å². The lowest BCUT2D eigenvalue weighted by Gasteiger charge is -2.08. The van der Waals surface area contributed by atoms with E-state index in [4.69, 9.17) is 23.2 Å². The average Bonchev–Trinajstić information content (AvgIpc) is 2.36. The zero-order valence-electron chi connectivity index (χ0n) is 10.0. The molecule has 2 rings (SSSR count). The first kappa shape index (κ1) is 14.6. The van der Waals surface area contributed by atoms with Gasteiger partial charge in [0, 0.05) is 19.2 Å². The summed E-state index contributed by atoms with van der Waals surface area (Å²) in [5.41, 5.74) is 2.20. The van der Waals surface area contributed by atoms with Gasteiger partial charge in [0.2, 0.25) is 0 Å². The maximum Gasteiger partial charge on any atom is 0.255 e. The number of rotatable bonds is 2. The topological polar surface area (TPSA) is 29.1 Å². The highest BCUT2D eigenvalue weighted by molar-refractivity contribution is 14.1. The summed E-state index contributed by atoms with van der Waals surface area (Å²) in [5, 5.41) is 4.06. The van der Waals surface area contributed by atoms with Gasteiger partial charge in [-0.1, -0.05) is 29.3 Å². The molecule has 2 aromatic carbocycles. The van der Waals surface area contributed by atoms with Crippen LogP contribution in [0.4, 0.5) is 5.69 Å². The van der Waals surface area contributed by atoms with Crippen molar-refractivity contribution < 1.29 is 4.79 Å². The van der Waals surface area contributed by atoms with E-state index in [9.17, 15) is 4.79 Å². The summed E-state index contributed by atoms with van der Waals surface area (Å²) in [6.45, 7) is 1.89. The summed E-state index contributed by atoms with van der Waals surface area (Å²) in [6.07, 6.45) is 0. The molecule has 0 saturated carbocycles. The third kappa shape index (κ3) is 3.61. The van der Waals surface area contributed by atoms with Crippen LogP contribution in [0.5, 0.6) is 0 Å². The van der Waals surface area contributed by atoms with Gasteiger partial charge in [-0.25, -0.2) is 0 Å². The molecule has 0 heterocycles. The van der Waals surface area contributed by atoms with Crippen molar-refractivity contribution in [2.24, 2.45) is 0 Å². The van der Waals surface area contributed by atoms with Crippen LogP contribution in [0.25, 0.3) is 0 Å². The standard InChI is InChI=1S/C14H10Cl2INO/c1-8-2-3-9(6-11(8)16)14(19)18-13-5-4-10(15)7-12(13)17/h2-7H,1H3,(H,18,19). The number of carbonyl (C=O) groups is 1. The number of aryl methyl sites for hydroxylation is 1. The molecule has 0 bridgehead atoms. The summed E-state index contributed by atoms with van der Waals surface area (Å²) in [5.74, 6) is -0.192. The van der Waals surface area contributed by atoms with Crippen LogP contribution in [0.1, 0.15) is 15.9 Å². The molecule has 98 valence electrons. The Morgan fingerprint density at radius 3 is 2.53 bits per heavy atom. The maximum atomic E-state index is 12.1. The van der Waals surface area contributed by atoms with Crippen LogP contribution in [-0.2, 0) is 0 Å². The SMILES string of the molecule is Cc1ccc(C(=O)Nc2ccc(Cl)cc2I)cc1Cl. The Labute approximate surface area is 135 Å². The van der Waals surface area contributed by atoms with Crippen molar-refractivity contribution in [3.63, 3.8) is 0 Å². The molecule has 0 unspecified atom stereocenters. The summed E-state index contributed by atoms with van der Waals surface area (Å²) in [4.78, 5) is 12.1. The smallest absolute Gasteiger partial charge is 0.255 e. The third-order valence-electron chi connectivity index (χ3n) is 2.61. The fourth-order valence-electron chi connectivity index (χ4n) is 1.52. The van der Waals surface area contributed by atoms with Gasteiger partial charge in [0.1, 0.15) is 0 Å². The fourth-order valence-corrected chi connectivity index (χ4v) is 2.71. The lowest BCUT2D eigenvalue weighted by atomic mass is 10.1. The first-order valence-corrected chi connectivity index (χ1v) is 7.33. The second-order valence-electron chi connectivity index (χ2n) is 4.04. The summed E-state index contributed by atoms with van der Waals surface area (Å²) in [6, 6.07) is 10.5. The second-order valence-corrected chi connectivity index (χ2v) is 6.05. The van der Waals surface area contributed by atoms with E-state index < -0.39 is 0 Å². The average molecular weight is 406 g/mol. The van der Waals surface area contributed by atoms with E-state index in [-0.39, 0.29) is 5.91 Å². The molecule has 2 nitrogen and oxygen atoms in total. The van der Waals surface area contributed by atoms with E-state index in [1.165, 1.54) is 0 Å². The van der Waals surface area contributed by atoms with E-state index in [1.54, 1.807) is 30.3 Å². The van der Waals surface area contributed by atoms with Gasteiger partial charge in [0.15, 0.2) is 0 Å². The number of hydrogen-bond donors (Lipinski definition) is 1. The van der Waals surface area contributed by atoms with Crippen molar-refractivity contribution in [1.29, 1.82) is 0 Å². The van der Waals surface area contributed by atoms with Gasteiger partial charge in [0.05, 0.1) is 5.69 Å². The molecule has 0 aliphatic rings. The quantitative estimate of drug-likeness (QED) is 0.687. The van der Waals surface area contributed by atoms with E-state index in [0.717, 1.165) is 14.8 Å². The molecule has 1 amide bonds. The lowest BCUT2D eigenvalue weighted by molar-refractivity contribution is 0.102. The van der Waals surface area contributed by atoms with E-state index in [2.05, 4.69) is 27.9 Å². The lowest BCUT2D eigenvalue weighted by Crippen LogP contribution is -2.12. The molecule has 0 aliphatic heterocycles. The number of hydrogen-bond acceptors (Lipinski definition) is 1. The zero-order chi connectivity index (χ0) is 14.0. The van der Waals surface area contributed by atoms with Crippen molar-refractivity contribution in [1.82, 2.24) is 0 Å². The predicted molar refractivity (Wildman–Crippen MR) is 88.3 cm³/mol. The van der Waals surface area contributed by atoms with Crippen molar-refractivity contribution >= 4 is 57.4 Å². The van der Waals surface area contributed by atoms with Crippen LogP contribution in [0.15, 0.2) is 36.4 Å². The highest BCUT2D eigenvalue weighted by atomic mass is 127. The van der Waals surface area contributed by atoms with Crippen molar-refractivity contribution in [2.75, 3.05) is 5.32 Å². The van der Waals surface area contributed by atoms with Crippen LogP contribution in [0, 0.1) is 10.5 Å². The molecule has 1 N–H and O–H groups in total. The Kier molecular flexibility index (Phi) is 4.71. The van der Waals surface area contributed by atoms with Crippen molar-refractivity contribution in [3.05, 3.63) is 61.1 Å². The summed E-state index contributed by atoms with van der Waals surface area (Å²) < 4.78 is 0.886. The minimum Gasteiger partial charge on any atom is -0.321 e.